The number of hydrogen-bond acceptors (Lipinski definition) is 5. The van der Waals surface area contributed by atoms with Crippen LogP contribution in [0.5, 0.6) is 0 Å². The third-order valence-corrected chi connectivity index (χ3v) is 4.87. The molecule has 0 radical (unpaired) electrons. The molecule has 0 aliphatic carbocycles. The van der Waals surface area contributed by atoms with Crippen molar-refractivity contribution < 1.29 is 35.9 Å². The Morgan fingerprint density at radius 1 is 1.09 bits per heavy atom. The second-order valence-electron chi connectivity index (χ2n) is 5.64. The topological polar surface area (TPSA) is 76.0 Å². The van der Waals surface area contributed by atoms with Crippen molar-refractivity contribution >= 4 is 14.9 Å². The van der Waals surface area contributed by atoms with Crippen LogP contribution in [-0.4, -0.2) is 24.2 Å². The molecule has 128 valence electrons. The van der Waals surface area contributed by atoms with E-state index in [1.165, 1.54) is 0 Å². The number of nitrogens with zero attached hydrogens (tertiary/aromatic N) is 1. The van der Waals surface area contributed by atoms with E-state index in [1.807, 2.05) is 0 Å². The average molecular weight is 355 g/mol. The first-order valence-electron chi connectivity index (χ1n) is 6.42. The van der Waals surface area contributed by atoms with E-state index in [-0.39, 0.29) is 6.42 Å². The molecule has 0 saturated carbocycles. The summed E-state index contributed by atoms with van der Waals surface area (Å²) in [6.45, 7) is 1.83. The number of sulfone groups is 1. The van der Waals surface area contributed by atoms with Gasteiger partial charge in [0.15, 0.2) is 38.1 Å². The van der Waals surface area contributed by atoms with Gasteiger partial charge in [0.1, 0.15) is 5.60 Å². The molecule has 0 spiro atoms. The van der Waals surface area contributed by atoms with Crippen LogP contribution in [0.25, 0.3) is 0 Å². The maximum absolute atomic E-state index is 13.8. The lowest BCUT2D eigenvalue weighted by atomic mass is 10.1. The molecule has 1 heterocycles. The van der Waals surface area contributed by atoms with Gasteiger partial charge in [-0.25, -0.2) is 26.0 Å². The van der Waals surface area contributed by atoms with Crippen LogP contribution < -0.4 is 0 Å². The summed E-state index contributed by atoms with van der Waals surface area (Å²) in [5.41, 5.74) is -3.40. The summed E-state index contributed by atoms with van der Waals surface area (Å²) in [5.74, 6) is -8.71. The first kappa shape index (κ1) is 17.7. The first-order valence-corrected chi connectivity index (χ1v) is 8.08. The molecule has 0 unspecified atom stereocenters. The standard InChI is InChI=1S/C13H13F4NO4S/c1-13(2)3-8(18-22-13)23(20,21)5-7-11(16)9(14)6(4-19)10(15)12(7)17/h19H,3-5H2,1-2H3. The molecule has 0 amide bonds. The van der Waals surface area contributed by atoms with Crippen molar-refractivity contribution in [2.24, 2.45) is 5.16 Å². The zero-order valence-electron chi connectivity index (χ0n) is 12.2. The van der Waals surface area contributed by atoms with Crippen LogP contribution in [0.4, 0.5) is 17.6 Å². The highest BCUT2D eigenvalue weighted by atomic mass is 32.2. The van der Waals surface area contributed by atoms with Gasteiger partial charge >= 0.3 is 0 Å². The van der Waals surface area contributed by atoms with Gasteiger partial charge in [-0.15, -0.1) is 0 Å². The monoisotopic (exact) mass is 355 g/mol. The SMILES string of the molecule is CC1(C)CC(S(=O)(=O)Cc2c(F)c(F)c(CO)c(F)c2F)=NO1. The summed E-state index contributed by atoms with van der Waals surface area (Å²) < 4.78 is 79.1. The minimum absolute atomic E-state index is 0.141. The Morgan fingerprint density at radius 3 is 1.96 bits per heavy atom. The van der Waals surface area contributed by atoms with Gasteiger partial charge in [-0.2, -0.15) is 0 Å². The Morgan fingerprint density at radius 2 is 1.57 bits per heavy atom. The van der Waals surface area contributed by atoms with Crippen molar-refractivity contribution in [2.45, 2.75) is 38.2 Å². The van der Waals surface area contributed by atoms with Crippen LogP contribution >= 0.6 is 0 Å². The van der Waals surface area contributed by atoms with Crippen molar-refractivity contribution in [3.63, 3.8) is 0 Å². The van der Waals surface area contributed by atoms with Gasteiger partial charge in [0.25, 0.3) is 0 Å². The smallest absolute Gasteiger partial charge is 0.199 e. The molecule has 0 atom stereocenters. The van der Waals surface area contributed by atoms with Gasteiger partial charge in [-0.1, -0.05) is 5.16 Å². The lowest BCUT2D eigenvalue weighted by molar-refractivity contribution is 0.0123. The Labute approximate surface area is 129 Å². The van der Waals surface area contributed by atoms with Crippen molar-refractivity contribution in [1.29, 1.82) is 0 Å². The van der Waals surface area contributed by atoms with E-state index in [1.54, 1.807) is 13.8 Å². The van der Waals surface area contributed by atoms with Gasteiger partial charge in [-0.3, -0.25) is 0 Å². The van der Waals surface area contributed by atoms with Crippen LogP contribution in [0.3, 0.4) is 0 Å². The molecular formula is C13H13F4NO4S. The molecule has 0 aromatic heterocycles. The summed E-state index contributed by atoms with van der Waals surface area (Å²) >= 11 is 0. The van der Waals surface area contributed by atoms with Crippen LogP contribution in [0.2, 0.25) is 0 Å². The Balaban J connectivity index is 2.45. The second-order valence-corrected chi connectivity index (χ2v) is 7.63. The van der Waals surface area contributed by atoms with Gasteiger partial charge in [-0.05, 0) is 13.8 Å². The van der Waals surface area contributed by atoms with E-state index in [0.717, 1.165) is 0 Å². The van der Waals surface area contributed by atoms with Crippen LogP contribution in [0.1, 0.15) is 31.4 Å². The Hall–Kier alpha value is -1.68. The fraction of sp³-hybridized carbons (Fsp3) is 0.462. The highest BCUT2D eigenvalue weighted by Crippen LogP contribution is 2.29. The minimum atomic E-state index is -4.33. The molecule has 1 aliphatic rings. The van der Waals surface area contributed by atoms with E-state index < -0.39 is 67.2 Å². The van der Waals surface area contributed by atoms with Gasteiger partial charge in [0.2, 0.25) is 0 Å². The van der Waals surface area contributed by atoms with E-state index in [0.29, 0.717) is 0 Å². The van der Waals surface area contributed by atoms with Crippen molar-refractivity contribution in [3.8, 4) is 0 Å². The molecule has 5 nitrogen and oxygen atoms in total. The average Bonchev–Trinajstić information content (AvgIpc) is 2.83. The number of halogens is 4. The number of aliphatic hydroxyl groups excluding tert-OH is 1. The van der Waals surface area contributed by atoms with E-state index in [2.05, 4.69) is 5.16 Å². The van der Waals surface area contributed by atoms with Gasteiger partial charge < -0.3 is 9.94 Å². The summed E-state index contributed by atoms with van der Waals surface area (Å²) in [7, 11) is -4.33. The Bertz CT molecular complexity index is 761. The maximum atomic E-state index is 13.8. The number of benzene rings is 1. The van der Waals surface area contributed by atoms with Crippen LogP contribution in [0, 0.1) is 23.3 Å². The maximum Gasteiger partial charge on any atom is 0.199 e. The van der Waals surface area contributed by atoms with Gasteiger partial charge in [0.05, 0.1) is 17.9 Å². The predicted molar refractivity (Wildman–Crippen MR) is 72.0 cm³/mol. The fourth-order valence-electron chi connectivity index (χ4n) is 2.03. The first-order chi connectivity index (χ1) is 10.5. The quantitative estimate of drug-likeness (QED) is 0.666. The van der Waals surface area contributed by atoms with E-state index in [4.69, 9.17) is 9.94 Å². The molecule has 2 rings (SSSR count). The third kappa shape index (κ3) is 3.18. The Kier molecular flexibility index (Phi) is 4.42. The molecular weight excluding hydrogens is 342 g/mol. The summed E-state index contributed by atoms with van der Waals surface area (Å²) in [5, 5.41) is 11.6. The fourth-order valence-corrected chi connectivity index (χ4v) is 3.55. The molecule has 23 heavy (non-hydrogen) atoms. The molecule has 1 N–H and O–H groups in total. The largest absolute Gasteiger partial charge is 0.391 e. The molecule has 10 heteroatoms. The zero-order chi connectivity index (χ0) is 17.6. The number of aliphatic hydroxyl groups is 1. The third-order valence-electron chi connectivity index (χ3n) is 3.27. The summed E-state index contributed by atoms with van der Waals surface area (Å²) in [4.78, 5) is 4.86. The van der Waals surface area contributed by atoms with Crippen LogP contribution in [-0.2, 0) is 27.0 Å². The van der Waals surface area contributed by atoms with Crippen molar-refractivity contribution in [3.05, 3.63) is 34.4 Å². The molecule has 1 aromatic carbocycles. The number of rotatable bonds is 3. The highest BCUT2D eigenvalue weighted by Gasteiger charge is 2.37. The summed E-state index contributed by atoms with van der Waals surface area (Å²) in [6, 6.07) is 0. The zero-order valence-corrected chi connectivity index (χ0v) is 13.0. The minimum Gasteiger partial charge on any atom is -0.391 e. The number of oxime groups is 1. The van der Waals surface area contributed by atoms with E-state index in [9.17, 15) is 26.0 Å². The van der Waals surface area contributed by atoms with Gasteiger partial charge in [0, 0.05) is 12.0 Å². The summed E-state index contributed by atoms with van der Waals surface area (Å²) in [6.07, 6.45) is -0.141. The molecule has 0 fully saturated rings. The van der Waals surface area contributed by atoms with Crippen molar-refractivity contribution in [2.75, 3.05) is 0 Å². The molecule has 1 aliphatic heterocycles. The predicted octanol–water partition coefficient (Wildman–Crippen LogP) is 2.16. The normalized spacial score (nSPS) is 17.1. The lowest BCUT2D eigenvalue weighted by Crippen LogP contribution is -2.24. The lowest BCUT2D eigenvalue weighted by Gasteiger charge is -2.13. The van der Waals surface area contributed by atoms with E-state index >= 15 is 0 Å². The second kappa shape index (κ2) is 5.75. The molecule has 1 aromatic rings. The van der Waals surface area contributed by atoms with Crippen molar-refractivity contribution in [1.82, 2.24) is 0 Å². The molecule has 0 bridgehead atoms. The molecule has 0 saturated heterocycles. The highest BCUT2D eigenvalue weighted by molar-refractivity contribution is 8.05. The van der Waals surface area contributed by atoms with Crippen LogP contribution in [0.15, 0.2) is 5.16 Å². The number of hydrogen-bond donors (Lipinski definition) is 1.